The molecule has 0 spiro atoms. The van der Waals surface area contributed by atoms with E-state index in [-0.39, 0.29) is 17.9 Å². The average molecular weight is 269 g/mol. The molecule has 0 aliphatic carbocycles. The van der Waals surface area contributed by atoms with Gasteiger partial charge in [-0.25, -0.2) is 0 Å². The number of nitrogens with two attached hydrogens (primary N) is 1. The van der Waals surface area contributed by atoms with Crippen LogP contribution in [0.1, 0.15) is 32.4 Å². The minimum atomic E-state index is -0.472. The Labute approximate surface area is 114 Å². The van der Waals surface area contributed by atoms with Gasteiger partial charge in [0.2, 0.25) is 5.91 Å². The summed E-state index contributed by atoms with van der Waals surface area (Å²) in [6, 6.07) is 6.99. The molecule has 0 radical (unpaired) electrons. The number of carbonyl (C=O) groups is 1. The molecule has 1 aromatic rings. The van der Waals surface area contributed by atoms with Crippen LogP contribution in [0.4, 0.5) is 0 Å². The molecule has 0 heterocycles. The Hall–Kier alpha value is -1.06. The quantitative estimate of drug-likeness (QED) is 0.913. The molecule has 0 fully saturated rings. The molecule has 2 atom stereocenters. The predicted molar refractivity (Wildman–Crippen MR) is 75.5 cm³/mol. The molecule has 4 heteroatoms. The van der Waals surface area contributed by atoms with Crippen LogP contribution in [0.5, 0.6) is 0 Å². The first-order valence-electron chi connectivity index (χ1n) is 6.13. The molecule has 0 aromatic heterocycles. The molecule has 1 amide bonds. The second kappa shape index (κ2) is 6.21. The van der Waals surface area contributed by atoms with Gasteiger partial charge in [0, 0.05) is 12.1 Å². The maximum Gasteiger partial charge on any atom is 0.239 e. The highest BCUT2D eigenvalue weighted by molar-refractivity contribution is 6.31. The van der Waals surface area contributed by atoms with E-state index in [1.807, 2.05) is 45.0 Å². The summed E-state index contributed by atoms with van der Waals surface area (Å²) in [5.41, 5.74) is 6.83. The Balaban J connectivity index is 2.88. The maximum atomic E-state index is 12.2. The van der Waals surface area contributed by atoms with E-state index < -0.39 is 6.04 Å². The highest BCUT2D eigenvalue weighted by Crippen LogP contribution is 2.26. The third-order valence-corrected chi connectivity index (χ3v) is 3.63. The Morgan fingerprint density at radius 1 is 1.28 bits per heavy atom. The van der Waals surface area contributed by atoms with Crippen LogP contribution in [0, 0.1) is 5.92 Å². The maximum absolute atomic E-state index is 12.2. The lowest BCUT2D eigenvalue weighted by atomic mass is 10.0. The first-order valence-corrected chi connectivity index (χ1v) is 6.50. The van der Waals surface area contributed by atoms with E-state index in [1.165, 1.54) is 0 Å². The van der Waals surface area contributed by atoms with Gasteiger partial charge < -0.3 is 10.6 Å². The van der Waals surface area contributed by atoms with E-state index >= 15 is 0 Å². The number of likely N-dealkylation sites (N-methyl/N-ethyl adjacent to an activating group) is 1. The minimum Gasteiger partial charge on any atom is -0.338 e. The van der Waals surface area contributed by atoms with Crippen molar-refractivity contribution in [3.63, 3.8) is 0 Å². The first-order chi connectivity index (χ1) is 8.36. The standard InChI is InChI=1S/C14H21ClN2O/c1-9(2)13(16)14(18)17(4)10(3)11-7-5-6-8-12(11)15/h5-10,13H,16H2,1-4H3. The van der Waals surface area contributed by atoms with E-state index in [0.717, 1.165) is 5.56 Å². The van der Waals surface area contributed by atoms with Crippen molar-refractivity contribution >= 4 is 17.5 Å². The molecule has 2 unspecified atom stereocenters. The van der Waals surface area contributed by atoms with E-state index in [2.05, 4.69) is 0 Å². The van der Waals surface area contributed by atoms with Crippen molar-refractivity contribution in [2.45, 2.75) is 32.9 Å². The first kappa shape index (κ1) is 15.0. The highest BCUT2D eigenvalue weighted by atomic mass is 35.5. The van der Waals surface area contributed by atoms with Gasteiger partial charge in [0.1, 0.15) is 0 Å². The summed E-state index contributed by atoms with van der Waals surface area (Å²) < 4.78 is 0. The van der Waals surface area contributed by atoms with E-state index in [9.17, 15) is 4.79 Å². The van der Waals surface area contributed by atoms with Gasteiger partial charge in [-0.05, 0) is 24.5 Å². The monoisotopic (exact) mass is 268 g/mol. The number of amides is 1. The lowest BCUT2D eigenvalue weighted by Gasteiger charge is -2.29. The van der Waals surface area contributed by atoms with Gasteiger partial charge in [-0.3, -0.25) is 4.79 Å². The van der Waals surface area contributed by atoms with Gasteiger partial charge in [0.05, 0.1) is 12.1 Å². The minimum absolute atomic E-state index is 0.0579. The molecule has 1 rings (SSSR count). The zero-order valence-corrected chi connectivity index (χ0v) is 12.1. The molecule has 1 aromatic carbocycles. The normalized spacial score (nSPS) is 14.4. The van der Waals surface area contributed by atoms with Gasteiger partial charge in [-0.15, -0.1) is 0 Å². The Morgan fingerprint density at radius 3 is 2.33 bits per heavy atom. The van der Waals surface area contributed by atoms with Crippen molar-refractivity contribution in [2.75, 3.05) is 7.05 Å². The number of rotatable bonds is 4. The zero-order valence-electron chi connectivity index (χ0n) is 11.4. The predicted octanol–water partition coefficient (Wildman–Crippen LogP) is 2.84. The third kappa shape index (κ3) is 3.24. The van der Waals surface area contributed by atoms with Crippen LogP contribution in [-0.4, -0.2) is 23.9 Å². The second-order valence-electron chi connectivity index (χ2n) is 4.92. The van der Waals surface area contributed by atoms with Crippen molar-refractivity contribution in [3.05, 3.63) is 34.9 Å². The van der Waals surface area contributed by atoms with E-state index in [4.69, 9.17) is 17.3 Å². The van der Waals surface area contributed by atoms with Gasteiger partial charge >= 0.3 is 0 Å². The molecule has 0 bridgehead atoms. The number of hydrogen-bond donors (Lipinski definition) is 1. The number of benzene rings is 1. The fraction of sp³-hybridized carbons (Fsp3) is 0.500. The van der Waals surface area contributed by atoms with E-state index in [1.54, 1.807) is 11.9 Å². The van der Waals surface area contributed by atoms with Gasteiger partial charge in [0.25, 0.3) is 0 Å². The van der Waals surface area contributed by atoms with Crippen LogP contribution in [0.25, 0.3) is 0 Å². The Kier molecular flexibility index (Phi) is 5.17. The third-order valence-electron chi connectivity index (χ3n) is 3.29. The molecule has 0 aliphatic heterocycles. The SMILES string of the molecule is CC(C)C(N)C(=O)N(C)C(C)c1ccccc1Cl. The van der Waals surface area contributed by atoms with Crippen LogP contribution >= 0.6 is 11.6 Å². The fourth-order valence-electron chi connectivity index (χ4n) is 1.73. The fourth-order valence-corrected chi connectivity index (χ4v) is 2.03. The number of carbonyl (C=O) groups excluding carboxylic acids is 1. The summed E-state index contributed by atoms with van der Waals surface area (Å²) in [7, 11) is 1.76. The summed E-state index contributed by atoms with van der Waals surface area (Å²) in [5.74, 6) is 0.0656. The van der Waals surface area contributed by atoms with E-state index in [0.29, 0.717) is 5.02 Å². The number of halogens is 1. The largest absolute Gasteiger partial charge is 0.338 e. The Bertz CT molecular complexity index is 420. The summed E-state index contributed by atoms with van der Waals surface area (Å²) >= 11 is 6.14. The lowest BCUT2D eigenvalue weighted by molar-refractivity contribution is -0.134. The van der Waals surface area contributed by atoms with Crippen molar-refractivity contribution in [3.8, 4) is 0 Å². The lowest BCUT2D eigenvalue weighted by Crippen LogP contribution is -2.45. The topological polar surface area (TPSA) is 46.3 Å². The molecule has 2 N–H and O–H groups in total. The average Bonchev–Trinajstić information content (AvgIpc) is 2.35. The molecular formula is C14H21ClN2O. The van der Waals surface area contributed by atoms with Crippen molar-refractivity contribution in [2.24, 2.45) is 11.7 Å². The summed E-state index contributed by atoms with van der Waals surface area (Å²) in [6.07, 6.45) is 0. The molecule has 0 saturated carbocycles. The highest BCUT2D eigenvalue weighted by Gasteiger charge is 2.25. The van der Waals surface area contributed by atoms with Gasteiger partial charge in [-0.2, -0.15) is 0 Å². The summed E-state index contributed by atoms with van der Waals surface area (Å²) in [4.78, 5) is 13.8. The Morgan fingerprint density at radius 2 is 1.83 bits per heavy atom. The zero-order chi connectivity index (χ0) is 13.9. The molecule has 100 valence electrons. The van der Waals surface area contributed by atoms with Crippen molar-refractivity contribution in [1.29, 1.82) is 0 Å². The van der Waals surface area contributed by atoms with Gasteiger partial charge in [-0.1, -0.05) is 43.6 Å². The van der Waals surface area contributed by atoms with Crippen molar-refractivity contribution < 1.29 is 4.79 Å². The molecular weight excluding hydrogens is 248 g/mol. The van der Waals surface area contributed by atoms with Crippen LogP contribution in [0.15, 0.2) is 24.3 Å². The van der Waals surface area contributed by atoms with Gasteiger partial charge in [0.15, 0.2) is 0 Å². The number of hydrogen-bond acceptors (Lipinski definition) is 2. The number of nitrogens with zero attached hydrogens (tertiary/aromatic N) is 1. The smallest absolute Gasteiger partial charge is 0.239 e. The molecule has 18 heavy (non-hydrogen) atoms. The van der Waals surface area contributed by atoms with Crippen LogP contribution in [-0.2, 0) is 4.79 Å². The molecule has 0 aliphatic rings. The van der Waals surface area contributed by atoms with Crippen molar-refractivity contribution in [1.82, 2.24) is 4.90 Å². The van der Waals surface area contributed by atoms with Crippen LogP contribution in [0.2, 0.25) is 5.02 Å². The summed E-state index contributed by atoms with van der Waals surface area (Å²) in [5, 5.41) is 0.669. The van der Waals surface area contributed by atoms with Crippen LogP contribution < -0.4 is 5.73 Å². The molecule has 0 saturated heterocycles. The second-order valence-corrected chi connectivity index (χ2v) is 5.32. The molecule has 3 nitrogen and oxygen atoms in total. The van der Waals surface area contributed by atoms with Crippen LogP contribution in [0.3, 0.4) is 0 Å². The summed E-state index contributed by atoms with van der Waals surface area (Å²) in [6.45, 7) is 5.83.